The number of carbonyl (C=O) groups is 1. The van der Waals surface area contributed by atoms with Gasteiger partial charge in [0.05, 0.1) is 30.9 Å². The molecule has 0 atom stereocenters. The number of para-hydroxylation sites is 1. The van der Waals surface area contributed by atoms with Crippen LogP contribution in [0.3, 0.4) is 0 Å². The van der Waals surface area contributed by atoms with Gasteiger partial charge in [0.1, 0.15) is 5.75 Å². The minimum Gasteiger partial charge on any atom is -0.496 e. The number of ether oxygens (including phenoxy) is 1. The molecule has 3 rings (SSSR count). The molecule has 27 heavy (non-hydrogen) atoms. The summed E-state index contributed by atoms with van der Waals surface area (Å²) in [5.41, 5.74) is 11.2. The van der Waals surface area contributed by atoms with Gasteiger partial charge in [-0.2, -0.15) is 5.26 Å². The summed E-state index contributed by atoms with van der Waals surface area (Å²) in [7, 11) is 1.64. The number of benzene rings is 2. The van der Waals surface area contributed by atoms with E-state index in [1.54, 1.807) is 19.2 Å². The maximum atomic E-state index is 12.2. The summed E-state index contributed by atoms with van der Waals surface area (Å²) >= 11 is 0. The maximum absolute atomic E-state index is 12.2. The molecule has 0 fully saturated rings. The topological polar surface area (TPSA) is 81.0 Å². The van der Waals surface area contributed by atoms with Crippen LogP contribution in [0.1, 0.15) is 32.9 Å². The van der Waals surface area contributed by atoms with E-state index in [4.69, 9.17) is 15.7 Å². The lowest BCUT2D eigenvalue weighted by Gasteiger charge is -2.13. The third-order valence-corrected chi connectivity index (χ3v) is 4.85. The van der Waals surface area contributed by atoms with Gasteiger partial charge < -0.3 is 15.0 Å². The van der Waals surface area contributed by atoms with E-state index in [0.29, 0.717) is 17.7 Å². The smallest absolute Gasteiger partial charge is 0.251 e. The summed E-state index contributed by atoms with van der Waals surface area (Å²) in [6.45, 7) is 4.44. The van der Waals surface area contributed by atoms with Crippen molar-refractivity contribution < 1.29 is 9.53 Å². The second-order valence-corrected chi connectivity index (χ2v) is 6.37. The van der Waals surface area contributed by atoms with E-state index >= 15 is 0 Å². The lowest BCUT2D eigenvalue weighted by atomic mass is 9.99. The Morgan fingerprint density at radius 1 is 1.11 bits per heavy atom. The normalized spacial score (nSPS) is 10.4. The summed E-state index contributed by atoms with van der Waals surface area (Å²) in [5.74, 6) is 0.333. The van der Waals surface area contributed by atoms with Gasteiger partial charge in [-0.3, -0.25) is 4.79 Å². The fraction of sp³-hybridized carbons (Fsp3) is 0.182. The molecule has 1 aromatic heterocycles. The summed E-state index contributed by atoms with van der Waals surface area (Å²) < 4.78 is 7.53. The largest absolute Gasteiger partial charge is 0.496 e. The number of hydrogen-bond donors (Lipinski definition) is 1. The van der Waals surface area contributed by atoms with Crippen LogP contribution < -0.4 is 10.5 Å². The Morgan fingerprint density at radius 2 is 1.78 bits per heavy atom. The van der Waals surface area contributed by atoms with Crippen LogP contribution in [0.15, 0.2) is 48.5 Å². The first-order valence-corrected chi connectivity index (χ1v) is 8.59. The monoisotopic (exact) mass is 359 g/mol. The predicted molar refractivity (Wildman–Crippen MR) is 105 cm³/mol. The number of carbonyl (C=O) groups excluding carboxylic acids is 1. The molecule has 2 N–H and O–H groups in total. The number of aromatic nitrogens is 1. The lowest BCUT2D eigenvalue weighted by molar-refractivity contribution is 0.1000. The first kappa shape index (κ1) is 18.3. The van der Waals surface area contributed by atoms with Gasteiger partial charge in [0, 0.05) is 22.5 Å². The standard InChI is InChI=1S/C22H21N3O2/c1-14-20(17-10-8-16(12-23)9-11-17)21(22(24)26)15(2)25(14)13-18-6-4-5-7-19(18)27-3/h4-11H,13H2,1-3H3,(H2,24,26). The Labute approximate surface area is 158 Å². The summed E-state index contributed by atoms with van der Waals surface area (Å²) in [4.78, 5) is 12.2. The highest BCUT2D eigenvalue weighted by Gasteiger charge is 2.23. The van der Waals surface area contributed by atoms with Crippen molar-refractivity contribution in [1.82, 2.24) is 4.57 Å². The molecule has 1 heterocycles. The molecule has 0 aliphatic heterocycles. The number of nitrogens with zero attached hydrogens (tertiary/aromatic N) is 2. The van der Waals surface area contributed by atoms with Crippen LogP contribution in [0.2, 0.25) is 0 Å². The summed E-state index contributed by atoms with van der Waals surface area (Å²) in [6, 6.07) is 17.1. The average molecular weight is 359 g/mol. The van der Waals surface area contributed by atoms with Gasteiger partial charge in [0.25, 0.3) is 5.91 Å². The zero-order valence-electron chi connectivity index (χ0n) is 15.6. The Hall–Kier alpha value is -3.52. The van der Waals surface area contributed by atoms with Gasteiger partial charge >= 0.3 is 0 Å². The van der Waals surface area contributed by atoms with E-state index in [1.807, 2.05) is 50.2 Å². The second-order valence-electron chi connectivity index (χ2n) is 6.37. The fourth-order valence-electron chi connectivity index (χ4n) is 3.49. The van der Waals surface area contributed by atoms with Gasteiger partial charge in [-0.15, -0.1) is 0 Å². The van der Waals surface area contributed by atoms with Crippen molar-refractivity contribution in [3.05, 3.63) is 76.6 Å². The van der Waals surface area contributed by atoms with E-state index in [-0.39, 0.29) is 0 Å². The van der Waals surface area contributed by atoms with E-state index in [9.17, 15) is 4.79 Å². The van der Waals surface area contributed by atoms with Crippen LogP contribution in [0.25, 0.3) is 11.1 Å². The van der Waals surface area contributed by atoms with Crippen molar-refractivity contribution in [2.24, 2.45) is 5.73 Å². The molecule has 0 saturated heterocycles. The molecule has 0 saturated carbocycles. The molecule has 0 bridgehead atoms. The van der Waals surface area contributed by atoms with Crippen LogP contribution in [-0.2, 0) is 6.54 Å². The minimum absolute atomic E-state index is 0.464. The molecule has 2 aromatic carbocycles. The molecular formula is C22H21N3O2. The first-order chi connectivity index (χ1) is 13.0. The van der Waals surface area contributed by atoms with Crippen molar-refractivity contribution in [2.45, 2.75) is 20.4 Å². The molecule has 1 amide bonds. The molecule has 0 unspecified atom stereocenters. The minimum atomic E-state index is -0.464. The zero-order chi connectivity index (χ0) is 19.6. The third-order valence-electron chi connectivity index (χ3n) is 4.85. The Kier molecular flexibility index (Phi) is 5.00. The molecule has 5 heteroatoms. The lowest BCUT2D eigenvalue weighted by Crippen LogP contribution is -2.13. The van der Waals surface area contributed by atoms with Gasteiger partial charge in [-0.25, -0.2) is 0 Å². The number of primary amides is 1. The molecule has 5 nitrogen and oxygen atoms in total. The summed E-state index contributed by atoms with van der Waals surface area (Å²) in [6.07, 6.45) is 0. The van der Waals surface area contributed by atoms with Crippen LogP contribution in [0.4, 0.5) is 0 Å². The van der Waals surface area contributed by atoms with Gasteiger partial charge in [-0.05, 0) is 37.6 Å². The van der Waals surface area contributed by atoms with Crippen molar-refractivity contribution in [3.8, 4) is 22.9 Å². The Morgan fingerprint density at radius 3 is 2.37 bits per heavy atom. The van der Waals surface area contributed by atoms with Gasteiger partial charge in [0.2, 0.25) is 0 Å². The van der Waals surface area contributed by atoms with Crippen molar-refractivity contribution >= 4 is 5.91 Å². The highest BCUT2D eigenvalue weighted by atomic mass is 16.5. The molecule has 0 spiro atoms. The molecule has 0 aliphatic rings. The van der Waals surface area contributed by atoms with Crippen LogP contribution in [0, 0.1) is 25.2 Å². The summed E-state index contributed by atoms with van der Waals surface area (Å²) in [5, 5.41) is 9.02. The average Bonchev–Trinajstić information content (AvgIpc) is 2.93. The van der Waals surface area contributed by atoms with Crippen LogP contribution in [0.5, 0.6) is 5.75 Å². The van der Waals surface area contributed by atoms with E-state index in [0.717, 1.165) is 33.8 Å². The van der Waals surface area contributed by atoms with E-state index in [1.165, 1.54) is 0 Å². The number of rotatable bonds is 5. The number of nitrogens with two attached hydrogens (primary N) is 1. The predicted octanol–water partition coefficient (Wildman–Crippen LogP) is 3.80. The van der Waals surface area contributed by atoms with E-state index < -0.39 is 5.91 Å². The van der Waals surface area contributed by atoms with Crippen molar-refractivity contribution in [3.63, 3.8) is 0 Å². The van der Waals surface area contributed by atoms with E-state index in [2.05, 4.69) is 10.6 Å². The fourth-order valence-corrected chi connectivity index (χ4v) is 3.49. The highest BCUT2D eigenvalue weighted by molar-refractivity contribution is 6.02. The number of nitriles is 1. The number of amides is 1. The van der Waals surface area contributed by atoms with Crippen LogP contribution in [-0.4, -0.2) is 17.6 Å². The third kappa shape index (κ3) is 3.30. The van der Waals surface area contributed by atoms with Crippen LogP contribution >= 0.6 is 0 Å². The number of hydrogen-bond acceptors (Lipinski definition) is 3. The molecule has 3 aromatic rings. The SMILES string of the molecule is COc1ccccc1Cn1c(C)c(C(N)=O)c(-c2ccc(C#N)cc2)c1C. The molecule has 0 aliphatic carbocycles. The Bertz CT molecular complexity index is 1040. The maximum Gasteiger partial charge on any atom is 0.251 e. The van der Waals surface area contributed by atoms with Crippen molar-refractivity contribution in [2.75, 3.05) is 7.11 Å². The molecule has 0 radical (unpaired) electrons. The molecule has 136 valence electrons. The number of methoxy groups -OCH3 is 1. The highest BCUT2D eigenvalue weighted by Crippen LogP contribution is 2.33. The zero-order valence-corrected chi connectivity index (χ0v) is 15.6. The van der Waals surface area contributed by atoms with Gasteiger partial charge in [-0.1, -0.05) is 30.3 Å². The van der Waals surface area contributed by atoms with Gasteiger partial charge in [0.15, 0.2) is 0 Å². The first-order valence-electron chi connectivity index (χ1n) is 8.59. The second kappa shape index (κ2) is 7.38. The quantitative estimate of drug-likeness (QED) is 0.752. The van der Waals surface area contributed by atoms with Crippen molar-refractivity contribution in [1.29, 1.82) is 5.26 Å². The molecular weight excluding hydrogens is 338 g/mol. The Balaban J connectivity index is 2.16.